The van der Waals surface area contributed by atoms with Gasteiger partial charge in [0, 0.05) is 23.9 Å². The zero-order valence-electron chi connectivity index (χ0n) is 38.8. The van der Waals surface area contributed by atoms with Gasteiger partial charge in [-0.3, -0.25) is 0 Å². The maximum Gasteiger partial charge on any atom is -0.0134 e. The van der Waals surface area contributed by atoms with Crippen LogP contribution in [0, 0.1) is 0 Å². The summed E-state index contributed by atoms with van der Waals surface area (Å²) in [6, 6.07) is 74.1. The number of hydrogen-bond donors (Lipinski definition) is 1. The van der Waals surface area contributed by atoms with E-state index < -0.39 is 30.4 Å². The second-order valence-corrected chi connectivity index (χ2v) is 26.5. The van der Waals surface area contributed by atoms with E-state index in [1.807, 2.05) is 30.3 Å². The first-order valence-electron chi connectivity index (χ1n) is 23.3. The minimum Gasteiger partial charge on any atom is -0.0622 e. The molecule has 2 N–H and O–H groups in total. The van der Waals surface area contributed by atoms with E-state index in [1.54, 1.807) is 0 Å². The van der Waals surface area contributed by atoms with Crippen molar-refractivity contribution in [2.45, 2.75) is 48.6 Å². The first kappa shape index (κ1) is 51.6. The van der Waals surface area contributed by atoms with Gasteiger partial charge in [0.15, 0.2) is 15.7 Å². The van der Waals surface area contributed by atoms with Crippen LogP contribution in [0.5, 0.6) is 0 Å². The fraction of sp³-hybridized carbons (Fsp3) is 0.193. The average Bonchev–Trinajstić information content (AvgIpc) is 4.35. The largest absolute Gasteiger partial charge is 0.0622 e. The summed E-state index contributed by atoms with van der Waals surface area (Å²) in [7, 11) is 5.51. The number of morpholine rings is 1. The standard InChI is InChI=1S/C21H26N4O3S.2C18H15P.2ClH.Pd/c1-14-13-28-11-10-25(14)19-12-18(21(8-9-21)29(26,27)17-6-7-17)23-20(24-19)15-2-4-16(22)5-3-15;2*1-4-10-16(11-5-1)19(17-12-6-2-7-13-17)18-14-8-3-9-15-18;;;/h2-5,12,14,17H,6-11,13,22H2,1H3;2*1-15H;2*1H;/q;;;;;+2/p-2/t14-;;;;;/m0...../s1. The molecule has 2 heterocycles. The summed E-state index contributed by atoms with van der Waals surface area (Å²) in [6.45, 7) is 4.08. The van der Waals surface area contributed by atoms with E-state index in [9.17, 15) is 8.42 Å². The molecule has 362 valence electrons. The minimum absolute atomic E-state index is 0.106. The van der Waals surface area contributed by atoms with Crippen molar-refractivity contribution >= 4 is 88.1 Å². The van der Waals surface area contributed by atoms with Crippen LogP contribution in [0.4, 0.5) is 11.5 Å². The maximum absolute atomic E-state index is 13.2. The molecule has 1 aromatic heterocycles. The Morgan fingerprint density at radius 1 is 0.600 bits per heavy atom. The Labute approximate surface area is 432 Å². The third-order valence-electron chi connectivity index (χ3n) is 12.3. The Kier molecular flexibility index (Phi) is 18.5. The second-order valence-electron chi connectivity index (χ2n) is 17.1. The van der Waals surface area contributed by atoms with Gasteiger partial charge in [0.25, 0.3) is 0 Å². The number of sulfone groups is 1. The first-order chi connectivity index (χ1) is 34.2. The van der Waals surface area contributed by atoms with Crippen molar-refractivity contribution in [3.63, 3.8) is 0 Å². The quantitative estimate of drug-likeness (QED) is 0.0783. The Morgan fingerprint density at radius 2 is 0.971 bits per heavy atom. The van der Waals surface area contributed by atoms with Crippen molar-refractivity contribution in [1.82, 2.24) is 9.97 Å². The van der Waals surface area contributed by atoms with Crippen LogP contribution >= 0.6 is 34.9 Å². The van der Waals surface area contributed by atoms with E-state index in [-0.39, 0.29) is 27.2 Å². The number of benzene rings is 7. The number of halogens is 2. The molecule has 8 aromatic rings. The van der Waals surface area contributed by atoms with Crippen LogP contribution in [0.1, 0.15) is 38.3 Å². The van der Waals surface area contributed by atoms with Gasteiger partial charge in [-0.15, -0.1) is 0 Å². The molecule has 70 heavy (non-hydrogen) atoms. The van der Waals surface area contributed by atoms with Crippen LogP contribution in [-0.4, -0.2) is 49.4 Å². The number of ether oxygens (including phenoxy) is 1. The predicted molar refractivity (Wildman–Crippen MR) is 294 cm³/mol. The Bertz CT molecular complexity index is 2640. The van der Waals surface area contributed by atoms with Crippen LogP contribution < -0.4 is 42.5 Å². The second kappa shape index (κ2) is 25.1. The minimum atomic E-state index is -3.23. The Morgan fingerprint density at radius 3 is 1.30 bits per heavy atom. The summed E-state index contributed by atoms with van der Waals surface area (Å²) in [6.07, 6.45) is 2.82. The summed E-state index contributed by atoms with van der Waals surface area (Å²) < 4.78 is 31.1. The van der Waals surface area contributed by atoms with Gasteiger partial charge in [0.05, 0.1) is 30.2 Å². The van der Waals surface area contributed by atoms with Crippen molar-refractivity contribution in [1.29, 1.82) is 0 Å². The molecule has 0 unspecified atom stereocenters. The number of nitrogens with two attached hydrogens (primary N) is 1. The molecule has 13 heteroatoms. The molecule has 11 rings (SSSR count). The molecule has 7 nitrogen and oxygen atoms in total. The average molecular weight is 1120 g/mol. The van der Waals surface area contributed by atoms with Crippen molar-refractivity contribution in [2.75, 3.05) is 30.4 Å². The van der Waals surface area contributed by atoms with E-state index in [4.69, 9.17) is 39.5 Å². The third kappa shape index (κ3) is 13.0. The smallest absolute Gasteiger partial charge is 0.0134 e. The fourth-order valence-corrected chi connectivity index (χ4v) is 15.6. The van der Waals surface area contributed by atoms with Crippen molar-refractivity contribution in [3.8, 4) is 11.4 Å². The summed E-state index contributed by atoms with van der Waals surface area (Å²) in [5.74, 6) is 1.32. The van der Waals surface area contributed by atoms with Crippen molar-refractivity contribution in [2.24, 2.45) is 0 Å². The van der Waals surface area contributed by atoms with Gasteiger partial charge < -0.3 is 15.4 Å². The van der Waals surface area contributed by atoms with Crippen LogP contribution in [0.25, 0.3) is 11.4 Å². The monoisotopic (exact) mass is 1110 g/mol. The number of nitrogens with zero attached hydrogens (tertiary/aromatic N) is 3. The van der Waals surface area contributed by atoms with Crippen molar-refractivity contribution < 1.29 is 29.1 Å². The fourth-order valence-electron chi connectivity index (χ4n) is 8.50. The van der Waals surface area contributed by atoms with Crippen LogP contribution in [-0.2, 0) is 35.3 Å². The van der Waals surface area contributed by atoms with E-state index in [0.717, 1.165) is 30.8 Å². The third-order valence-corrected chi connectivity index (χ3v) is 20.3. The zero-order chi connectivity index (χ0) is 48.8. The molecule has 2 saturated carbocycles. The van der Waals surface area contributed by atoms with Gasteiger partial charge >= 0.3 is 35.0 Å². The summed E-state index contributed by atoms with van der Waals surface area (Å²) in [4.78, 5) is 11.8. The molecule has 3 fully saturated rings. The van der Waals surface area contributed by atoms with Crippen molar-refractivity contribution in [3.05, 3.63) is 218 Å². The van der Waals surface area contributed by atoms with Gasteiger partial charge in [-0.05, 0) is 105 Å². The molecule has 3 aliphatic rings. The van der Waals surface area contributed by atoms with E-state index in [0.29, 0.717) is 43.3 Å². The number of hydrogen-bond acceptors (Lipinski definition) is 7. The normalized spacial score (nSPS) is 15.9. The summed E-state index contributed by atoms with van der Waals surface area (Å²) in [5, 5.41) is 8.19. The van der Waals surface area contributed by atoms with Gasteiger partial charge in [0.1, 0.15) is 10.6 Å². The van der Waals surface area contributed by atoms with Crippen LogP contribution in [0.15, 0.2) is 212 Å². The Hall–Kier alpha value is -4.77. The molecule has 0 spiro atoms. The number of anilines is 2. The maximum atomic E-state index is 13.2. The number of nitrogen functional groups attached to an aromatic ring is 1. The van der Waals surface area contributed by atoms with Crippen LogP contribution in [0.3, 0.4) is 0 Å². The zero-order valence-corrected chi connectivity index (χ0v) is 44.5. The predicted octanol–water partition coefficient (Wildman–Crippen LogP) is 10.8. The van der Waals surface area contributed by atoms with Gasteiger partial charge in [0.2, 0.25) is 0 Å². The SMILES string of the molecule is C[C@H]1COCCN1c1cc(C2(S(=O)(=O)C3CC3)CC2)nc(-c2ccc(N)cc2)n1.[Cl][Pd][Cl].c1ccc(P(c2ccccc2)c2ccccc2)cc1.c1ccc(P(c2ccccc2)c2ccccc2)cc1. The van der Waals surface area contributed by atoms with E-state index in [2.05, 4.69) is 194 Å². The van der Waals surface area contributed by atoms with Gasteiger partial charge in [-0.25, -0.2) is 18.4 Å². The molecule has 0 bridgehead atoms. The molecule has 7 aromatic carbocycles. The van der Waals surface area contributed by atoms with E-state index in [1.165, 1.54) is 31.8 Å². The molecule has 1 saturated heterocycles. The molecular formula is C57H56Cl2N4O3P2PdS. The van der Waals surface area contributed by atoms with Gasteiger partial charge in [-0.2, -0.15) is 0 Å². The molecule has 2 aliphatic carbocycles. The summed E-state index contributed by atoms with van der Waals surface area (Å²) in [5.41, 5.74) is 7.98. The molecular weight excluding hydrogens is 1060 g/mol. The summed E-state index contributed by atoms with van der Waals surface area (Å²) >= 11 is -0.106. The van der Waals surface area contributed by atoms with Gasteiger partial charge in [-0.1, -0.05) is 182 Å². The molecule has 1 aliphatic heterocycles. The van der Waals surface area contributed by atoms with E-state index >= 15 is 0 Å². The van der Waals surface area contributed by atoms with Crippen LogP contribution in [0.2, 0.25) is 0 Å². The Balaban J connectivity index is 0.000000142. The molecule has 1 atom stereocenters. The number of rotatable bonds is 11. The molecule has 0 radical (unpaired) electrons. The molecule has 0 amide bonds. The first-order valence-corrected chi connectivity index (χ1v) is 31.5. The number of aromatic nitrogens is 2. The topological polar surface area (TPSA) is 98.4 Å².